The van der Waals surface area contributed by atoms with Gasteiger partial charge >= 0.3 is 0 Å². The van der Waals surface area contributed by atoms with Gasteiger partial charge in [-0.05, 0) is 49.1 Å². The predicted octanol–water partition coefficient (Wildman–Crippen LogP) is 4.63. The van der Waals surface area contributed by atoms with E-state index in [1.54, 1.807) is 48.5 Å². The van der Waals surface area contributed by atoms with Crippen molar-refractivity contribution >= 4 is 50.7 Å². The van der Waals surface area contributed by atoms with Crippen LogP contribution in [-0.4, -0.2) is 50.0 Å². The Balaban J connectivity index is 1.92. The summed E-state index contributed by atoms with van der Waals surface area (Å²) in [6, 6.07) is 12.8. The first-order valence-corrected chi connectivity index (χ1v) is 14.3. The normalized spacial score (nSPS) is 15.0. The fraction of sp³-hybridized carbons (Fsp3) is 0.440. The molecule has 190 valence electrons. The Morgan fingerprint density at radius 3 is 2.29 bits per heavy atom. The van der Waals surface area contributed by atoms with Crippen LogP contribution in [-0.2, 0) is 26.2 Å². The van der Waals surface area contributed by atoms with Gasteiger partial charge in [-0.25, -0.2) is 8.42 Å². The summed E-state index contributed by atoms with van der Waals surface area (Å²) in [7, 11) is -3.76. The number of carbonyl (C=O) groups is 2. The van der Waals surface area contributed by atoms with Crippen LogP contribution in [0.5, 0.6) is 0 Å². The van der Waals surface area contributed by atoms with Gasteiger partial charge in [-0.3, -0.25) is 13.9 Å². The molecule has 2 aromatic carbocycles. The molecule has 2 amide bonds. The topological polar surface area (TPSA) is 86.8 Å². The van der Waals surface area contributed by atoms with Crippen LogP contribution in [0.1, 0.15) is 44.6 Å². The average Bonchev–Trinajstić information content (AvgIpc) is 3.32. The lowest BCUT2D eigenvalue weighted by Crippen LogP contribution is -2.53. The van der Waals surface area contributed by atoms with E-state index in [9.17, 15) is 18.0 Å². The molecule has 0 radical (unpaired) electrons. The summed E-state index contributed by atoms with van der Waals surface area (Å²) in [4.78, 5) is 28.3. The highest BCUT2D eigenvalue weighted by Crippen LogP contribution is 2.25. The number of para-hydroxylation sites is 1. The molecule has 1 fully saturated rings. The second-order valence-electron chi connectivity index (χ2n) is 8.79. The van der Waals surface area contributed by atoms with E-state index in [1.165, 1.54) is 4.90 Å². The fourth-order valence-electron chi connectivity index (χ4n) is 4.33. The van der Waals surface area contributed by atoms with Crippen LogP contribution in [0.15, 0.2) is 48.5 Å². The molecular weight excluding hydrogens is 509 g/mol. The quantitative estimate of drug-likeness (QED) is 0.476. The summed E-state index contributed by atoms with van der Waals surface area (Å²) in [5.41, 5.74) is 1.06. The van der Waals surface area contributed by atoms with Crippen LogP contribution in [0.25, 0.3) is 0 Å². The van der Waals surface area contributed by atoms with Crippen molar-refractivity contribution in [2.45, 2.75) is 57.7 Å². The minimum absolute atomic E-state index is 0.0821. The van der Waals surface area contributed by atoms with E-state index in [-0.39, 0.29) is 18.5 Å². The third-order valence-electron chi connectivity index (χ3n) is 6.15. The zero-order chi connectivity index (χ0) is 25.6. The number of nitrogens with one attached hydrogen (secondary N) is 1. The van der Waals surface area contributed by atoms with E-state index in [4.69, 9.17) is 23.2 Å². The minimum atomic E-state index is -3.76. The number of amides is 2. The molecule has 0 spiro atoms. The van der Waals surface area contributed by atoms with Crippen LogP contribution in [0.2, 0.25) is 10.0 Å². The molecule has 1 unspecified atom stereocenters. The Labute approximate surface area is 217 Å². The molecule has 0 bridgehead atoms. The Bertz CT molecular complexity index is 1140. The molecule has 0 aliphatic heterocycles. The number of benzene rings is 2. The molecule has 1 aliphatic rings. The molecule has 0 saturated heterocycles. The molecule has 35 heavy (non-hydrogen) atoms. The lowest BCUT2D eigenvalue weighted by molar-refractivity contribution is -0.140. The van der Waals surface area contributed by atoms with E-state index in [1.807, 2.05) is 6.92 Å². The summed E-state index contributed by atoms with van der Waals surface area (Å²) in [6.07, 6.45) is 5.39. The molecule has 1 N–H and O–H groups in total. The smallest absolute Gasteiger partial charge is 0.244 e. The monoisotopic (exact) mass is 539 g/mol. The second kappa shape index (κ2) is 12.1. The van der Waals surface area contributed by atoms with Crippen molar-refractivity contribution in [2.24, 2.45) is 0 Å². The predicted molar refractivity (Wildman–Crippen MR) is 140 cm³/mol. The van der Waals surface area contributed by atoms with Gasteiger partial charge in [-0.1, -0.05) is 67.2 Å². The fourth-order valence-corrected chi connectivity index (χ4v) is 5.50. The number of hydrogen-bond acceptors (Lipinski definition) is 4. The molecule has 7 nitrogen and oxygen atoms in total. The third-order valence-corrected chi connectivity index (χ3v) is 8.03. The van der Waals surface area contributed by atoms with Crippen molar-refractivity contribution < 1.29 is 18.0 Å². The molecular formula is C25H31Cl2N3O4S. The van der Waals surface area contributed by atoms with Gasteiger partial charge in [0.2, 0.25) is 21.8 Å². The second-order valence-corrected chi connectivity index (χ2v) is 11.5. The van der Waals surface area contributed by atoms with Crippen LogP contribution >= 0.6 is 23.2 Å². The van der Waals surface area contributed by atoms with Crippen molar-refractivity contribution in [1.29, 1.82) is 0 Å². The first kappa shape index (κ1) is 27.3. The molecule has 1 aliphatic carbocycles. The zero-order valence-corrected chi connectivity index (χ0v) is 22.2. The van der Waals surface area contributed by atoms with Crippen molar-refractivity contribution in [1.82, 2.24) is 10.2 Å². The van der Waals surface area contributed by atoms with E-state index < -0.39 is 28.5 Å². The van der Waals surface area contributed by atoms with E-state index in [0.29, 0.717) is 27.7 Å². The Morgan fingerprint density at radius 2 is 1.71 bits per heavy atom. The maximum atomic E-state index is 13.7. The van der Waals surface area contributed by atoms with Crippen molar-refractivity contribution in [3.63, 3.8) is 0 Å². The maximum Gasteiger partial charge on any atom is 0.244 e. The van der Waals surface area contributed by atoms with Gasteiger partial charge < -0.3 is 10.2 Å². The Hall–Kier alpha value is -2.29. The van der Waals surface area contributed by atoms with Gasteiger partial charge in [-0.15, -0.1) is 0 Å². The van der Waals surface area contributed by atoms with Gasteiger partial charge in [0.05, 0.1) is 22.0 Å². The minimum Gasteiger partial charge on any atom is -0.352 e. The first-order chi connectivity index (χ1) is 16.6. The number of halogens is 2. The summed E-state index contributed by atoms with van der Waals surface area (Å²) in [5, 5.41) is 3.79. The SMILES string of the molecule is CCC(C(=O)NC1CCCC1)N(Cc1ccc(Cl)c(Cl)c1)C(=O)CN(c1ccccc1)S(C)(=O)=O. The van der Waals surface area contributed by atoms with Crippen molar-refractivity contribution in [3.05, 3.63) is 64.1 Å². The van der Waals surface area contributed by atoms with Crippen molar-refractivity contribution in [3.8, 4) is 0 Å². The van der Waals surface area contributed by atoms with Gasteiger partial charge in [0.15, 0.2) is 0 Å². The van der Waals surface area contributed by atoms with Crippen LogP contribution in [0.3, 0.4) is 0 Å². The lowest BCUT2D eigenvalue weighted by atomic mass is 10.1. The summed E-state index contributed by atoms with van der Waals surface area (Å²) >= 11 is 12.2. The standard InChI is InChI=1S/C25H31Cl2N3O4S/c1-3-23(25(32)28-19-9-7-8-10-19)29(16-18-13-14-21(26)22(27)15-18)24(31)17-30(35(2,33)34)20-11-5-4-6-12-20/h4-6,11-15,19,23H,3,7-10,16-17H2,1-2H3,(H,28,32). The molecule has 3 rings (SSSR count). The van der Waals surface area contributed by atoms with Crippen LogP contribution in [0, 0.1) is 0 Å². The number of carbonyl (C=O) groups excluding carboxylic acids is 2. The van der Waals surface area contributed by atoms with Gasteiger partial charge in [0.1, 0.15) is 12.6 Å². The zero-order valence-electron chi connectivity index (χ0n) is 19.9. The summed E-state index contributed by atoms with van der Waals surface area (Å²) in [5.74, 6) is -0.725. The molecule has 2 aromatic rings. The molecule has 1 saturated carbocycles. The van der Waals surface area contributed by atoms with Gasteiger partial charge in [0.25, 0.3) is 0 Å². The Kier molecular flexibility index (Phi) is 9.44. The number of anilines is 1. The largest absolute Gasteiger partial charge is 0.352 e. The highest BCUT2D eigenvalue weighted by molar-refractivity contribution is 7.92. The van der Waals surface area contributed by atoms with Gasteiger partial charge in [-0.2, -0.15) is 0 Å². The molecule has 1 atom stereocenters. The molecule has 0 heterocycles. The van der Waals surface area contributed by atoms with E-state index in [0.717, 1.165) is 36.2 Å². The van der Waals surface area contributed by atoms with Crippen LogP contribution < -0.4 is 9.62 Å². The molecule has 10 heteroatoms. The molecule has 0 aromatic heterocycles. The summed E-state index contributed by atoms with van der Waals surface area (Å²) < 4.78 is 26.2. The number of sulfonamides is 1. The highest BCUT2D eigenvalue weighted by atomic mass is 35.5. The van der Waals surface area contributed by atoms with E-state index >= 15 is 0 Å². The van der Waals surface area contributed by atoms with Crippen LogP contribution in [0.4, 0.5) is 5.69 Å². The van der Waals surface area contributed by atoms with Crippen molar-refractivity contribution in [2.75, 3.05) is 17.1 Å². The number of nitrogens with zero attached hydrogens (tertiary/aromatic N) is 2. The van der Waals surface area contributed by atoms with Gasteiger partial charge in [0, 0.05) is 12.6 Å². The average molecular weight is 541 g/mol. The highest BCUT2D eigenvalue weighted by Gasteiger charge is 2.33. The first-order valence-electron chi connectivity index (χ1n) is 11.7. The Morgan fingerprint density at radius 1 is 1.06 bits per heavy atom. The maximum absolute atomic E-state index is 13.7. The summed E-state index contributed by atoms with van der Waals surface area (Å²) in [6.45, 7) is 1.48. The third kappa shape index (κ3) is 7.35. The number of hydrogen-bond donors (Lipinski definition) is 1. The number of rotatable bonds is 10. The lowest BCUT2D eigenvalue weighted by Gasteiger charge is -2.33. The van der Waals surface area contributed by atoms with E-state index in [2.05, 4.69) is 5.32 Å².